The van der Waals surface area contributed by atoms with Crippen molar-refractivity contribution in [3.8, 4) is 0 Å². The summed E-state index contributed by atoms with van der Waals surface area (Å²) in [6.45, 7) is 3.13. The molecule has 1 fully saturated rings. The van der Waals surface area contributed by atoms with Gasteiger partial charge in [-0.2, -0.15) is 11.3 Å². The molecule has 1 saturated heterocycles. The van der Waals surface area contributed by atoms with Gasteiger partial charge in [-0.1, -0.05) is 0 Å². The van der Waals surface area contributed by atoms with Crippen LogP contribution in [0.2, 0.25) is 0 Å². The maximum atomic E-state index is 12.6. The van der Waals surface area contributed by atoms with E-state index in [0.717, 1.165) is 32.4 Å². The van der Waals surface area contributed by atoms with Gasteiger partial charge in [0.05, 0.1) is 12.2 Å². The number of rotatable bonds is 4. The van der Waals surface area contributed by atoms with Gasteiger partial charge in [0.15, 0.2) is 0 Å². The van der Waals surface area contributed by atoms with E-state index in [0.29, 0.717) is 10.6 Å². The maximum absolute atomic E-state index is 12.6. The van der Waals surface area contributed by atoms with Crippen LogP contribution in [0, 0.1) is 0 Å². The second-order valence-electron chi connectivity index (χ2n) is 6.72. The SMILES string of the molecule is CCOC(=O)N(NC(=O)c1ccc(C(=O)N2CCCCC2)cc1)C(=O)c1ccsc1. The van der Waals surface area contributed by atoms with Crippen molar-refractivity contribution >= 4 is 35.2 Å². The second-order valence-corrected chi connectivity index (χ2v) is 7.50. The van der Waals surface area contributed by atoms with Gasteiger partial charge in [0.2, 0.25) is 0 Å². The molecule has 0 spiro atoms. The summed E-state index contributed by atoms with van der Waals surface area (Å²) in [7, 11) is 0. The first-order valence-electron chi connectivity index (χ1n) is 9.75. The van der Waals surface area contributed by atoms with Gasteiger partial charge in [-0.05, 0) is 61.9 Å². The first-order valence-corrected chi connectivity index (χ1v) is 10.7. The van der Waals surface area contributed by atoms with Gasteiger partial charge in [0, 0.05) is 29.6 Å². The van der Waals surface area contributed by atoms with Crippen LogP contribution in [0.25, 0.3) is 0 Å². The molecule has 1 aliphatic heterocycles. The third kappa shape index (κ3) is 5.04. The fraction of sp³-hybridized carbons (Fsp3) is 0.333. The van der Waals surface area contributed by atoms with Crippen LogP contribution in [0.1, 0.15) is 57.3 Å². The Labute approximate surface area is 178 Å². The molecule has 1 N–H and O–H groups in total. The summed E-state index contributed by atoms with van der Waals surface area (Å²) in [6.07, 6.45) is 2.14. The molecule has 2 heterocycles. The predicted octanol–water partition coefficient (Wildman–Crippen LogP) is 3.32. The molecule has 2 aromatic rings. The van der Waals surface area contributed by atoms with Crippen LogP contribution in [-0.2, 0) is 4.74 Å². The van der Waals surface area contributed by atoms with Gasteiger partial charge in [-0.15, -0.1) is 5.01 Å². The number of benzene rings is 1. The molecule has 9 heteroatoms. The van der Waals surface area contributed by atoms with E-state index >= 15 is 0 Å². The van der Waals surface area contributed by atoms with Crippen molar-refractivity contribution in [1.29, 1.82) is 0 Å². The fourth-order valence-electron chi connectivity index (χ4n) is 3.09. The lowest BCUT2D eigenvalue weighted by Gasteiger charge is -2.26. The van der Waals surface area contributed by atoms with Crippen LogP contribution in [0.5, 0.6) is 0 Å². The highest BCUT2D eigenvalue weighted by atomic mass is 32.1. The third-order valence-electron chi connectivity index (χ3n) is 4.67. The van der Waals surface area contributed by atoms with Crippen LogP contribution < -0.4 is 5.43 Å². The number of ether oxygens (including phenoxy) is 1. The van der Waals surface area contributed by atoms with Gasteiger partial charge >= 0.3 is 6.09 Å². The zero-order valence-electron chi connectivity index (χ0n) is 16.6. The number of amides is 4. The number of piperidine rings is 1. The van der Waals surface area contributed by atoms with Gasteiger partial charge in [0.1, 0.15) is 0 Å². The van der Waals surface area contributed by atoms with Crippen molar-refractivity contribution in [2.75, 3.05) is 19.7 Å². The zero-order valence-corrected chi connectivity index (χ0v) is 17.4. The highest BCUT2D eigenvalue weighted by Gasteiger charge is 2.27. The molecule has 30 heavy (non-hydrogen) atoms. The number of nitrogens with one attached hydrogen (secondary N) is 1. The zero-order chi connectivity index (χ0) is 21.5. The highest BCUT2D eigenvalue weighted by Crippen LogP contribution is 2.15. The van der Waals surface area contributed by atoms with Crippen LogP contribution in [0.15, 0.2) is 41.1 Å². The lowest BCUT2D eigenvalue weighted by atomic mass is 10.1. The minimum Gasteiger partial charge on any atom is -0.448 e. The Balaban J connectivity index is 1.71. The Bertz CT molecular complexity index is 905. The molecule has 1 aromatic carbocycles. The number of carbonyl (C=O) groups is 4. The normalized spacial score (nSPS) is 13.4. The molecule has 0 atom stereocenters. The molecule has 0 bridgehead atoms. The summed E-state index contributed by atoms with van der Waals surface area (Å²) < 4.78 is 4.88. The molecular formula is C21H23N3O5S. The van der Waals surface area contributed by atoms with Crippen LogP contribution >= 0.6 is 11.3 Å². The average Bonchev–Trinajstić information content (AvgIpc) is 3.32. The van der Waals surface area contributed by atoms with E-state index in [1.165, 1.54) is 23.5 Å². The smallest absolute Gasteiger partial charge is 0.436 e. The summed E-state index contributed by atoms with van der Waals surface area (Å²) in [6, 6.07) is 7.67. The number of hydrogen-bond donors (Lipinski definition) is 1. The minimum absolute atomic E-state index is 0.0510. The molecule has 0 aliphatic carbocycles. The highest BCUT2D eigenvalue weighted by molar-refractivity contribution is 7.08. The lowest BCUT2D eigenvalue weighted by molar-refractivity contribution is 0.0506. The van der Waals surface area contributed by atoms with Crippen molar-refractivity contribution in [1.82, 2.24) is 15.3 Å². The molecule has 0 radical (unpaired) electrons. The maximum Gasteiger partial charge on any atom is 0.436 e. The largest absolute Gasteiger partial charge is 0.448 e. The molecule has 0 saturated carbocycles. The average molecular weight is 429 g/mol. The first kappa shape index (κ1) is 21.5. The topological polar surface area (TPSA) is 96.0 Å². The summed E-state index contributed by atoms with van der Waals surface area (Å²) in [5.74, 6) is -1.43. The van der Waals surface area contributed by atoms with E-state index < -0.39 is 17.9 Å². The number of carbonyl (C=O) groups excluding carboxylic acids is 4. The van der Waals surface area contributed by atoms with Crippen molar-refractivity contribution in [2.24, 2.45) is 0 Å². The fourth-order valence-corrected chi connectivity index (χ4v) is 3.72. The number of hydrazine groups is 1. The monoisotopic (exact) mass is 429 g/mol. The summed E-state index contributed by atoms with van der Waals surface area (Å²) >= 11 is 1.29. The van der Waals surface area contributed by atoms with E-state index in [1.807, 2.05) is 0 Å². The Kier molecular flexibility index (Phi) is 7.18. The van der Waals surface area contributed by atoms with Crippen LogP contribution in [0.4, 0.5) is 4.79 Å². The quantitative estimate of drug-likeness (QED) is 0.752. The number of imide groups is 1. The predicted molar refractivity (Wildman–Crippen MR) is 111 cm³/mol. The van der Waals surface area contributed by atoms with E-state index in [-0.39, 0.29) is 23.6 Å². The van der Waals surface area contributed by atoms with E-state index in [4.69, 9.17) is 4.74 Å². The van der Waals surface area contributed by atoms with Gasteiger partial charge in [-0.25, -0.2) is 4.79 Å². The van der Waals surface area contributed by atoms with Gasteiger partial charge < -0.3 is 9.64 Å². The second kappa shape index (κ2) is 10.0. The van der Waals surface area contributed by atoms with Crippen molar-refractivity contribution < 1.29 is 23.9 Å². The summed E-state index contributed by atoms with van der Waals surface area (Å²) in [4.78, 5) is 51.7. The Morgan fingerprint density at radius 1 is 1.00 bits per heavy atom. The Morgan fingerprint density at radius 2 is 1.67 bits per heavy atom. The lowest BCUT2D eigenvalue weighted by Crippen LogP contribution is -2.50. The van der Waals surface area contributed by atoms with Crippen LogP contribution in [0.3, 0.4) is 0 Å². The molecule has 8 nitrogen and oxygen atoms in total. The molecule has 1 aliphatic rings. The number of nitrogens with zero attached hydrogens (tertiary/aromatic N) is 2. The van der Waals surface area contributed by atoms with E-state index in [9.17, 15) is 19.2 Å². The van der Waals surface area contributed by atoms with E-state index in [2.05, 4.69) is 5.43 Å². The van der Waals surface area contributed by atoms with Gasteiger partial charge in [0.25, 0.3) is 17.7 Å². The first-order chi connectivity index (χ1) is 14.5. The van der Waals surface area contributed by atoms with Crippen molar-refractivity contribution in [3.05, 3.63) is 57.8 Å². The Hall–Kier alpha value is -3.20. The van der Waals surface area contributed by atoms with Crippen LogP contribution in [-0.4, -0.2) is 53.4 Å². The summed E-state index contributed by atoms with van der Waals surface area (Å²) in [5.41, 5.74) is 3.25. The summed E-state index contributed by atoms with van der Waals surface area (Å²) in [5, 5.41) is 3.82. The Morgan fingerprint density at radius 3 is 2.27 bits per heavy atom. The standard InChI is InChI=1S/C21H23N3O5S/c1-2-29-21(28)24(20(27)17-10-13-30-14-17)22-18(25)15-6-8-16(9-7-15)19(26)23-11-4-3-5-12-23/h6-10,13-14H,2-5,11-12H2,1H3,(H,22,25). The molecule has 4 amide bonds. The molecular weight excluding hydrogens is 406 g/mol. The van der Waals surface area contributed by atoms with Crippen molar-refractivity contribution in [2.45, 2.75) is 26.2 Å². The molecule has 3 rings (SSSR count). The van der Waals surface area contributed by atoms with Gasteiger partial charge in [-0.3, -0.25) is 19.8 Å². The molecule has 1 aromatic heterocycles. The number of thiophene rings is 1. The van der Waals surface area contributed by atoms with E-state index in [1.54, 1.807) is 40.8 Å². The number of hydrogen-bond acceptors (Lipinski definition) is 6. The number of likely N-dealkylation sites (tertiary alicyclic amines) is 1. The van der Waals surface area contributed by atoms with Crippen molar-refractivity contribution in [3.63, 3.8) is 0 Å². The third-order valence-corrected chi connectivity index (χ3v) is 5.36. The molecule has 0 unspecified atom stereocenters. The molecule has 158 valence electrons. The minimum atomic E-state index is -0.973.